The summed E-state index contributed by atoms with van der Waals surface area (Å²) in [6.45, 7) is 10.7. The maximum Gasteiger partial charge on any atom is 0.345 e. The van der Waals surface area contributed by atoms with E-state index in [0.717, 1.165) is 0 Å². The first-order valence-corrected chi connectivity index (χ1v) is 11.2. The molecule has 0 heterocycles. The first-order chi connectivity index (χ1) is 11.5. The highest BCUT2D eigenvalue weighted by atomic mass is 28.4. The van der Waals surface area contributed by atoms with Crippen molar-refractivity contribution >= 4 is 14.3 Å². The van der Waals surface area contributed by atoms with E-state index < -0.39 is 19.9 Å². The van der Waals surface area contributed by atoms with Gasteiger partial charge in [-0.05, 0) is 35.8 Å². The molecule has 0 aliphatic carbocycles. The fourth-order valence-electron chi connectivity index (χ4n) is 2.33. The molecule has 1 atom stereocenters. The minimum atomic E-state index is -2.12. The topological polar surface area (TPSA) is 66.8 Å². The smallest absolute Gasteiger partial charge is 0.345 e. The number of carboxylic acids is 1. The minimum Gasteiger partial charge on any atom is -0.543 e. The molecule has 0 aliphatic rings. The van der Waals surface area contributed by atoms with Gasteiger partial charge in [0, 0.05) is 5.56 Å². The molecular weight excluding hydrogens is 332 g/mol. The predicted molar refractivity (Wildman–Crippen MR) is 101 cm³/mol. The van der Waals surface area contributed by atoms with Gasteiger partial charge in [-0.15, -0.1) is 0 Å². The molecule has 1 unspecified atom stereocenters. The highest BCUT2D eigenvalue weighted by Crippen LogP contribution is 2.38. The van der Waals surface area contributed by atoms with E-state index in [4.69, 9.17) is 4.43 Å². The Morgan fingerprint density at radius 2 is 1.52 bits per heavy atom. The molecule has 2 aromatic rings. The van der Waals surface area contributed by atoms with Gasteiger partial charge in [0.1, 0.15) is 5.75 Å². The molecule has 2 aromatic carbocycles. The Hall–Kier alpha value is -2.11. The van der Waals surface area contributed by atoms with Crippen molar-refractivity contribution in [3.8, 4) is 5.75 Å². The molecule has 5 heteroatoms. The van der Waals surface area contributed by atoms with E-state index in [1.165, 1.54) is 0 Å². The second-order valence-electron chi connectivity index (χ2n) is 7.77. The van der Waals surface area contributed by atoms with Crippen LogP contribution in [0.5, 0.6) is 5.75 Å². The first-order valence-electron chi connectivity index (χ1n) is 8.29. The van der Waals surface area contributed by atoms with Crippen LogP contribution < -0.4 is 4.43 Å². The number of carbonyl (C=O) groups is 1. The van der Waals surface area contributed by atoms with E-state index in [-0.39, 0.29) is 10.6 Å². The zero-order valence-corrected chi connectivity index (χ0v) is 16.4. The van der Waals surface area contributed by atoms with Crippen LogP contribution in [0.4, 0.5) is 0 Å². The van der Waals surface area contributed by atoms with E-state index >= 15 is 0 Å². The number of rotatable bonds is 5. The number of hydrogen-bond acceptors (Lipinski definition) is 3. The summed E-state index contributed by atoms with van der Waals surface area (Å²) < 4.78 is 6.25. The van der Waals surface area contributed by atoms with Gasteiger partial charge < -0.3 is 14.6 Å². The highest BCUT2D eigenvalue weighted by Gasteiger charge is 2.42. The number of aliphatic carboxylic acids is 1. The number of carboxylic acid groups (broad SMARTS) is 1. The molecule has 0 fully saturated rings. The lowest BCUT2D eigenvalue weighted by atomic mass is 9.86. The molecule has 2 rings (SSSR count). The van der Waals surface area contributed by atoms with Crippen LogP contribution >= 0.6 is 0 Å². The lowest BCUT2D eigenvalue weighted by Gasteiger charge is -2.36. The summed E-state index contributed by atoms with van der Waals surface area (Å²) in [5.74, 6) is -0.733. The molecule has 0 amide bonds. The summed E-state index contributed by atoms with van der Waals surface area (Å²) in [5, 5.41) is 20.7. The molecular formula is C20H26O4Si. The fraction of sp³-hybridized carbons (Fsp3) is 0.350. The molecule has 0 bridgehead atoms. The molecule has 0 spiro atoms. The van der Waals surface area contributed by atoms with E-state index in [1.54, 1.807) is 54.6 Å². The van der Waals surface area contributed by atoms with Crippen molar-refractivity contribution in [2.45, 2.75) is 44.5 Å². The maximum absolute atomic E-state index is 11.9. The van der Waals surface area contributed by atoms with Gasteiger partial charge in [0.05, 0.1) is 0 Å². The average Bonchev–Trinajstić information content (AvgIpc) is 2.53. The van der Waals surface area contributed by atoms with Crippen molar-refractivity contribution in [3.05, 3.63) is 65.7 Å². The number of benzene rings is 2. The third kappa shape index (κ3) is 3.77. The first kappa shape index (κ1) is 19.2. The SMILES string of the molecule is CC(C)(C)[Si](C)(C)Oc1cccc(C(O)(C(=O)O)c2ccccc2)c1. The molecule has 25 heavy (non-hydrogen) atoms. The summed E-state index contributed by atoms with van der Waals surface area (Å²) in [5.41, 5.74) is -1.52. The molecule has 4 nitrogen and oxygen atoms in total. The zero-order valence-electron chi connectivity index (χ0n) is 15.4. The lowest BCUT2D eigenvalue weighted by molar-refractivity contribution is -0.155. The van der Waals surface area contributed by atoms with E-state index in [1.807, 2.05) is 0 Å². The van der Waals surface area contributed by atoms with E-state index in [2.05, 4.69) is 33.9 Å². The van der Waals surface area contributed by atoms with Crippen LogP contribution in [0.3, 0.4) is 0 Å². The van der Waals surface area contributed by atoms with Gasteiger partial charge in [0.15, 0.2) is 0 Å². The van der Waals surface area contributed by atoms with Crippen LogP contribution in [-0.2, 0) is 10.4 Å². The van der Waals surface area contributed by atoms with Gasteiger partial charge in [-0.2, -0.15) is 0 Å². The zero-order chi connectivity index (χ0) is 18.9. The Morgan fingerprint density at radius 1 is 0.960 bits per heavy atom. The second-order valence-corrected chi connectivity index (χ2v) is 12.5. The summed E-state index contributed by atoms with van der Waals surface area (Å²) in [6.07, 6.45) is 0. The van der Waals surface area contributed by atoms with Crippen LogP contribution in [0.1, 0.15) is 31.9 Å². The molecule has 0 aromatic heterocycles. The Bertz CT molecular complexity index is 750. The lowest BCUT2D eigenvalue weighted by Crippen LogP contribution is -2.44. The van der Waals surface area contributed by atoms with Crippen LogP contribution in [0.2, 0.25) is 18.1 Å². The van der Waals surface area contributed by atoms with Crippen LogP contribution in [-0.4, -0.2) is 24.5 Å². The van der Waals surface area contributed by atoms with Crippen molar-refractivity contribution in [1.82, 2.24) is 0 Å². The van der Waals surface area contributed by atoms with Crippen molar-refractivity contribution in [2.75, 3.05) is 0 Å². The number of aliphatic hydroxyl groups is 1. The largest absolute Gasteiger partial charge is 0.543 e. The fourth-order valence-corrected chi connectivity index (χ4v) is 3.35. The van der Waals surface area contributed by atoms with E-state index in [9.17, 15) is 15.0 Å². The van der Waals surface area contributed by atoms with Crippen molar-refractivity contribution in [3.63, 3.8) is 0 Å². The predicted octanol–water partition coefficient (Wildman–Crippen LogP) is 4.39. The molecule has 0 saturated carbocycles. The maximum atomic E-state index is 11.9. The Balaban J connectivity index is 2.48. The molecule has 0 aliphatic heterocycles. The second kappa shape index (κ2) is 6.65. The average molecular weight is 359 g/mol. The Morgan fingerprint density at radius 3 is 2.04 bits per heavy atom. The van der Waals surface area contributed by atoms with Crippen molar-refractivity contribution < 1.29 is 19.4 Å². The van der Waals surface area contributed by atoms with Gasteiger partial charge in [0.25, 0.3) is 0 Å². The van der Waals surface area contributed by atoms with Gasteiger partial charge >= 0.3 is 5.97 Å². The standard InChI is InChI=1S/C20H26O4Si/c1-19(2,3)25(4,5)24-17-13-9-12-16(14-17)20(23,18(21)22)15-10-7-6-8-11-15/h6-14,23H,1-5H3,(H,21,22). The summed E-state index contributed by atoms with van der Waals surface area (Å²) in [7, 11) is -2.06. The van der Waals surface area contributed by atoms with Gasteiger partial charge in [0.2, 0.25) is 13.9 Å². The number of hydrogen-bond donors (Lipinski definition) is 2. The van der Waals surface area contributed by atoms with Gasteiger partial charge in [-0.25, -0.2) is 4.79 Å². The normalized spacial score (nSPS) is 14.6. The van der Waals surface area contributed by atoms with Crippen LogP contribution in [0.15, 0.2) is 54.6 Å². The summed E-state index contributed by atoms with van der Waals surface area (Å²) in [6, 6.07) is 15.2. The molecule has 134 valence electrons. The molecule has 0 radical (unpaired) electrons. The van der Waals surface area contributed by atoms with Gasteiger partial charge in [-0.1, -0.05) is 63.2 Å². The Kier molecular flexibility index (Phi) is 5.11. The quantitative estimate of drug-likeness (QED) is 0.778. The molecule has 0 saturated heterocycles. The Labute approximate surface area is 150 Å². The third-order valence-electron chi connectivity index (χ3n) is 4.93. The third-order valence-corrected chi connectivity index (χ3v) is 9.29. The summed E-state index contributed by atoms with van der Waals surface area (Å²) >= 11 is 0. The van der Waals surface area contributed by atoms with Crippen molar-refractivity contribution in [2.24, 2.45) is 0 Å². The highest BCUT2D eigenvalue weighted by molar-refractivity contribution is 6.74. The summed E-state index contributed by atoms with van der Waals surface area (Å²) in [4.78, 5) is 11.9. The van der Waals surface area contributed by atoms with E-state index in [0.29, 0.717) is 11.3 Å². The van der Waals surface area contributed by atoms with Crippen LogP contribution in [0.25, 0.3) is 0 Å². The van der Waals surface area contributed by atoms with Gasteiger partial charge in [-0.3, -0.25) is 0 Å². The molecule has 2 N–H and O–H groups in total. The minimum absolute atomic E-state index is 0.0194. The van der Waals surface area contributed by atoms with Crippen LogP contribution in [0, 0.1) is 0 Å². The monoisotopic (exact) mass is 358 g/mol. The van der Waals surface area contributed by atoms with Crippen molar-refractivity contribution in [1.29, 1.82) is 0 Å².